The largest absolute Gasteiger partial charge is 0.362 e. The fourth-order valence-corrected chi connectivity index (χ4v) is 2.84. The smallest absolute Gasteiger partial charge is 0.270 e. The Morgan fingerprint density at radius 1 is 1.00 bits per heavy atom. The van der Waals surface area contributed by atoms with E-state index in [9.17, 15) is 14.9 Å². The number of nitrogens with one attached hydrogen (secondary N) is 2. The molecule has 130 valence electrons. The van der Waals surface area contributed by atoms with Crippen molar-refractivity contribution in [3.05, 3.63) is 93.3 Å². The van der Waals surface area contributed by atoms with Crippen molar-refractivity contribution in [1.29, 1.82) is 0 Å². The second-order valence-electron chi connectivity index (χ2n) is 5.96. The van der Waals surface area contributed by atoms with Gasteiger partial charge in [0.25, 0.3) is 11.6 Å². The minimum absolute atomic E-state index is 0.00159. The lowest BCUT2D eigenvalue weighted by atomic mass is 10.0. The van der Waals surface area contributed by atoms with Gasteiger partial charge in [0.1, 0.15) is 0 Å². The van der Waals surface area contributed by atoms with Crippen LogP contribution in [0.1, 0.15) is 22.4 Å². The van der Waals surface area contributed by atoms with Gasteiger partial charge in [-0.1, -0.05) is 17.9 Å². The first-order valence-electron chi connectivity index (χ1n) is 8.17. The maximum absolute atomic E-state index is 12.3. The Labute approximate surface area is 154 Å². The molecule has 2 heterocycles. The van der Waals surface area contributed by atoms with Gasteiger partial charge in [-0.05, 0) is 42.5 Å². The van der Waals surface area contributed by atoms with Gasteiger partial charge in [0.2, 0.25) is 0 Å². The third kappa shape index (κ3) is 3.34. The summed E-state index contributed by atoms with van der Waals surface area (Å²) in [4.78, 5) is 25.7. The molecule has 4 rings (SSSR count). The Balaban J connectivity index is 1.69. The van der Waals surface area contributed by atoms with Crippen molar-refractivity contribution in [3.8, 4) is 11.8 Å². The highest BCUT2D eigenvalue weighted by Crippen LogP contribution is 2.33. The third-order valence-corrected chi connectivity index (χ3v) is 4.13. The van der Waals surface area contributed by atoms with E-state index in [0.717, 1.165) is 16.9 Å². The van der Waals surface area contributed by atoms with Gasteiger partial charge in [-0.15, -0.1) is 0 Å². The van der Waals surface area contributed by atoms with E-state index < -0.39 is 4.92 Å². The highest BCUT2D eigenvalue weighted by molar-refractivity contribution is 6.34. The van der Waals surface area contributed by atoms with Crippen LogP contribution in [0.15, 0.2) is 60.8 Å². The number of aromatic nitrogens is 1. The number of benzene rings is 2. The van der Waals surface area contributed by atoms with Crippen molar-refractivity contribution in [1.82, 2.24) is 4.98 Å². The molecule has 0 bridgehead atoms. The predicted octanol–water partition coefficient (Wildman–Crippen LogP) is 3.82. The van der Waals surface area contributed by atoms with Crippen LogP contribution in [-0.4, -0.2) is 15.8 Å². The Morgan fingerprint density at radius 2 is 1.81 bits per heavy atom. The zero-order valence-electron chi connectivity index (χ0n) is 14.0. The number of hydrogen-bond donors (Lipinski definition) is 2. The fraction of sp³-hybridized carbons (Fsp3) is 0. The first-order chi connectivity index (χ1) is 13.1. The van der Waals surface area contributed by atoms with E-state index >= 15 is 0 Å². The number of carbonyl (C=O) groups is 1. The minimum Gasteiger partial charge on any atom is -0.362 e. The van der Waals surface area contributed by atoms with E-state index in [4.69, 9.17) is 0 Å². The molecule has 2 aromatic carbocycles. The van der Waals surface area contributed by atoms with E-state index in [-0.39, 0.29) is 11.6 Å². The van der Waals surface area contributed by atoms with Crippen LogP contribution in [0.25, 0.3) is 11.6 Å². The van der Waals surface area contributed by atoms with Crippen molar-refractivity contribution in [2.45, 2.75) is 0 Å². The lowest BCUT2D eigenvalue weighted by Crippen LogP contribution is -2.03. The Kier molecular flexibility index (Phi) is 4.03. The Bertz CT molecular complexity index is 1150. The van der Waals surface area contributed by atoms with Gasteiger partial charge in [0, 0.05) is 46.4 Å². The van der Waals surface area contributed by atoms with Gasteiger partial charge in [0.15, 0.2) is 0 Å². The second-order valence-corrected chi connectivity index (χ2v) is 5.96. The van der Waals surface area contributed by atoms with Crippen LogP contribution >= 0.6 is 0 Å². The lowest BCUT2D eigenvalue weighted by Gasteiger charge is -1.99. The summed E-state index contributed by atoms with van der Waals surface area (Å²) in [5.74, 6) is 5.77. The van der Waals surface area contributed by atoms with Crippen molar-refractivity contribution in [2.24, 2.45) is 0 Å². The number of fused-ring (bicyclic) bond motifs is 1. The van der Waals surface area contributed by atoms with Crippen molar-refractivity contribution >= 4 is 28.9 Å². The molecule has 27 heavy (non-hydrogen) atoms. The number of nitrogens with zero attached hydrogens (tertiary/aromatic N) is 1. The molecular weight excluding hydrogens is 342 g/mol. The van der Waals surface area contributed by atoms with Gasteiger partial charge in [-0.2, -0.15) is 0 Å². The SMILES string of the molecule is O=C1Nc2ccc(C#Cc3cccc([N+](=O)[O-])c3)cc2C1=Cc1ccc[nH]1. The molecule has 0 aliphatic carbocycles. The number of rotatable bonds is 2. The molecule has 0 atom stereocenters. The fourth-order valence-electron chi connectivity index (χ4n) is 2.84. The Morgan fingerprint density at radius 3 is 2.56 bits per heavy atom. The first-order valence-corrected chi connectivity index (χ1v) is 8.17. The maximum Gasteiger partial charge on any atom is 0.270 e. The second kappa shape index (κ2) is 6.65. The normalized spacial score (nSPS) is 13.6. The molecule has 0 fully saturated rings. The Hall–Kier alpha value is -4.11. The van der Waals surface area contributed by atoms with Crippen LogP contribution in [0.5, 0.6) is 0 Å². The molecule has 6 heteroatoms. The zero-order valence-corrected chi connectivity index (χ0v) is 14.0. The molecule has 1 aliphatic heterocycles. The van der Waals surface area contributed by atoms with Crippen LogP contribution < -0.4 is 5.32 Å². The van der Waals surface area contributed by atoms with Crippen LogP contribution in [0, 0.1) is 22.0 Å². The number of carbonyl (C=O) groups excluding carboxylic acids is 1. The van der Waals surface area contributed by atoms with E-state index in [1.165, 1.54) is 12.1 Å². The molecule has 3 aromatic rings. The molecule has 0 saturated heterocycles. The van der Waals surface area contributed by atoms with Gasteiger partial charge < -0.3 is 10.3 Å². The molecule has 6 nitrogen and oxygen atoms in total. The molecule has 0 unspecified atom stereocenters. The standard InChI is InChI=1S/C21H13N3O3/c25-21-19(13-16-4-2-10-22-16)18-12-15(8-9-20(18)23-21)7-6-14-3-1-5-17(11-14)24(26)27/h1-5,8-13,22H,(H,23,25). The average Bonchev–Trinajstić information content (AvgIpc) is 3.29. The minimum atomic E-state index is -0.449. The summed E-state index contributed by atoms with van der Waals surface area (Å²) < 4.78 is 0. The van der Waals surface area contributed by atoms with Gasteiger partial charge in [-0.3, -0.25) is 14.9 Å². The topological polar surface area (TPSA) is 88.0 Å². The quantitative estimate of drug-likeness (QED) is 0.317. The lowest BCUT2D eigenvalue weighted by molar-refractivity contribution is -0.384. The van der Waals surface area contributed by atoms with E-state index in [1.54, 1.807) is 36.5 Å². The summed E-state index contributed by atoms with van der Waals surface area (Å²) in [5, 5.41) is 13.7. The number of aromatic amines is 1. The van der Waals surface area contributed by atoms with E-state index in [0.29, 0.717) is 16.7 Å². The monoisotopic (exact) mass is 355 g/mol. The molecule has 1 aliphatic rings. The number of H-pyrrole nitrogens is 1. The summed E-state index contributed by atoms with van der Waals surface area (Å²) in [6, 6.07) is 15.4. The van der Waals surface area contributed by atoms with Gasteiger partial charge >= 0.3 is 0 Å². The number of non-ortho nitro benzene ring substituents is 1. The summed E-state index contributed by atoms with van der Waals surface area (Å²) in [6.45, 7) is 0. The molecule has 0 saturated carbocycles. The number of nitro groups is 1. The molecule has 1 amide bonds. The van der Waals surface area contributed by atoms with Gasteiger partial charge in [0.05, 0.1) is 10.5 Å². The highest BCUT2D eigenvalue weighted by Gasteiger charge is 2.24. The van der Waals surface area contributed by atoms with Gasteiger partial charge in [-0.25, -0.2) is 0 Å². The number of hydrogen-bond acceptors (Lipinski definition) is 3. The van der Waals surface area contributed by atoms with Crippen LogP contribution in [0.4, 0.5) is 11.4 Å². The van der Waals surface area contributed by atoms with Crippen LogP contribution in [0.3, 0.4) is 0 Å². The molecule has 2 N–H and O–H groups in total. The molecule has 0 radical (unpaired) electrons. The number of anilines is 1. The molecule has 0 spiro atoms. The molecule has 1 aromatic heterocycles. The summed E-state index contributed by atoms with van der Waals surface area (Å²) >= 11 is 0. The van der Waals surface area contributed by atoms with E-state index in [2.05, 4.69) is 22.1 Å². The number of amides is 1. The number of nitro benzene ring substituents is 1. The average molecular weight is 355 g/mol. The third-order valence-electron chi connectivity index (χ3n) is 4.13. The van der Waals surface area contributed by atoms with Crippen LogP contribution in [-0.2, 0) is 4.79 Å². The van der Waals surface area contributed by atoms with E-state index in [1.807, 2.05) is 18.2 Å². The summed E-state index contributed by atoms with van der Waals surface area (Å²) in [7, 11) is 0. The highest BCUT2D eigenvalue weighted by atomic mass is 16.6. The first kappa shape index (κ1) is 16.4. The van der Waals surface area contributed by atoms with Crippen LogP contribution in [0.2, 0.25) is 0 Å². The summed E-state index contributed by atoms with van der Waals surface area (Å²) in [5.41, 5.74) is 4.18. The summed E-state index contributed by atoms with van der Waals surface area (Å²) in [6.07, 6.45) is 3.58. The predicted molar refractivity (Wildman–Crippen MR) is 103 cm³/mol. The zero-order chi connectivity index (χ0) is 18.8. The maximum atomic E-state index is 12.3. The van der Waals surface area contributed by atoms with Crippen molar-refractivity contribution in [2.75, 3.05) is 5.32 Å². The van der Waals surface area contributed by atoms with Crippen molar-refractivity contribution in [3.63, 3.8) is 0 Å². The van der Waals surface area contributed by atoms with Crippen molar-refractivity contribution < 1.29 is 9.72 Å². The molecular formula is C21H13N3O3.